The molecular weight excluding hydrogens is 230 g/mol. The fourth-order valence-corrected chi connectivity index (χ4v) is 1.66. The molecule has 5 heteroatoms. The third-order valence-corrected chi connectivity index (χ3v) is 2.52. The van der Waals surface area contributed by atoms with Crippen molar-refractivity contribution in [2.75, 3.05) is 6.61 Å². The maximum absolute atomic E-state index is 9.58. The minimum Gasteiger partial charge on any atom is -0.504 e. The van der Waals surface area contributed by atoms with E-state index in [2.05, 4.69) is 15.3 Å². The van der Waals surface area contributed by atoms with E-state index in [4.69, 9.17) is 4.74 Å². The number of phenolic OH excluding ortho intramolecular Hbond substituents is 1. The van der Waals surface area contributed by atoms with Gasteiger partial charge < -0.3 is 20.1 Å². The summed E-state index contributed by atoms with van der Waals surface area (Å²) in [6, 6.07) is 5.37. The largest absolute Gasteiger partial charge is 0.504 e. The van der Waals surface area contributed by atoms with Gasteiger partial charge in [0.2, 0.25) is 0 Å². The molecule has 2 rings (SSSR count). The summed E-state index contributed by atoms with van der Waals surface area (Å²) in [5.74, 6) is 0.701. The van der Waals surface area contributed by atoms with Gasteiger partial charge in [0, 0.05) is 25.0 Å². The summed E-state index contributed by atoms with van der Waals surface area (Å²) in [7, 11) is 0. The number of hydrogen-bond acceptors (Lipinski definition) is 4. The van der Waals surface area contributed by atoms with E-state index in [1.165, 1.54) is 0 Å². The van der Waals surface area contributed by atoms with Crippen LogP contribution in [0.2, 0.25) is 0 Å². The second kappa shape index (κ2) is 6.07. The van der Waals surface area contributed by atoms with Gasteiger partial charge in [-0.1, -0.05) is 6.07 Å². The third kappa shape index (κ3) is 3.24. The summed E-state index contributed by atoms with van der Waals surface area (Å²) in [4.78, 5) is 6.98. The van der Waals surface area contributed by atoms with Crippen LogP contribution >= 0.6 is 0 Å². The Kier molecular flexibility index (Phi) is 4.20. The zero-order chi connectivity index (χ0) is 12.8. The summed E-state index contributed by atoms with van der Waals surface area (Å²) in [5.41, 5.74) is 2.11. The van der Waals surface area contributed by atoms with Crippen LogP contribution in [0.3, 0.4) is 0 Å². The van der Waals surface area contributed by atoms with E-state index in [-0.39, 0.29) is 5.75 Å². The number of aromatic amines is 1. The lowest BCUT2D eigenvalue weighted by Crippen LogP contribution is -2.12. The van der Waals surface area contributed by atoms with Crippen molar-refractivity contribution in [1.82, 2.24) is 15.3 Å². The number of imidazole rings is 1. The zero-order valence-electron chi connectivity index (χ0n) is 10.3. The molecule has 18 heavy (non-hydrogen) atoms. The number of ether oxygens (including phenoxy) is 1. The molecule has 5 nitrogen and oxygen atoms in total. The molecule has 1 heterocycles. The SMILES string of the molecule is CCOc1cc(CNCc2cnc[nH]2)ccc1O. The number of nitrogens with zero attached hydrogens (tertiary/aromatic N) is 1. The molecule has 0 aliphatic heterocycles. The summed E-state index contributed by atoms with van der Waals surface area (Å²) < 4.78 is 5.34. The van der Waals surface area contributed by atoms with Crippen molar-refractivity contribution in [3.63, 3.8) is 0 Å². The average molecular weight is 247 g/mol. The van der Waals surface area contributed by atoms with Crippen molar-refractivity contribution in [3.8, 4) is 11.5 Å². The number of aromatic hydroxyl groups is 1. The molecule has 96 valence electrons. The summed E-state index contributed by atoms with van der Waals surface area (Å²) in [5, 5.41) is 12.9. The van der Waals surface area contributed by atoms with Crippen molar-refractivity contribution < 1.29 is 9.84 Å². The van der Waals surface area contributed by atoms with Crippen LogP contribution in [0.5, 0.6) is 11.5 Å². The Morgan fingerprint density at radius 3 is 3.00 bits per heavy atom. The van der Waals surface area contributed by atoms with E-state index >= 15 is 0 Å². The van der Waals surface area contributed by atoms with E-state index in [9.17, 15) is 5.11 Å². The van der Waals surface area contributed by atoms with Crippen LogP contribution in [0.4, 0.5) is 0 Å². The maximum Gasteiger partial charge on any atom is 0.161 e. The van der Waals surface area contributed by atoms with Gasteiger partial charge in [0.15, 0.2) is 11.5 Å². The first-order valence-electron chi connectivity index (χ1n) is 5.92. The average Bonchev–Trinajstić information content (AvgIpc) is 2.87. The molecule has 0 bridgehead atoms. The zero-order valence-corrected chi connectivity index (χ0v) is 10.3. The van der Waals surface area contributed by atoms with E-state index in [1.54, 1.807) is 18.6 Å². The number of phenols is 1. The topological polar surface area (TPSA) is 70.2 Å². The first-order chi connectivity index (χ1) is 8.79. The molecule has 0 fully saturated rings. The lowest BCUT2D eigenvalue weighted by molar-refractivity contribution is 0.317. The van der Waals surface area contributed by atoms with Crippen LogP contribution < -0.4 is 10.1 Å². The summed E-state index contributed by atoms with van der Waals surface area (Å²) >= 11 is 0. The first kappa shape index (κ1) is 12.4. The highest BCUT2D eigenvalue weighted by Gasteiger charge is 2.03. The quantitative estimate of drug-likeness (QED) is 0.728. The molecule has 0 spiro atoms. The van der Waals surface area contributed by atoms with Gasteiger partial charge in [-0.3, -0.25) is 0 Å². The number of nitrogens with one attached hydrogen (secondary N) is 2. The number of H-pyrrole nitrogens is 1. The molecule has 1 aromatic carbocycles. The first-order valence-corrected chi connectivity index (χ1v) is 5.92. The number of benzene rings is 1. The molecule has 3 N–H and O–H groups in total. The van der Waals surface area contributed by atoms with Crippen molar-refractivity contribution in [2.45, 2.75) is 20.0 Å². The fourth-order valence-electron chi connectivity index (χ4n) is 1.66. The van der Waals surface area contributed by atoms with Crippen molar-refractivity contribution >= 4 is 0 Å². The van der Waals surface area contributed by atoms with Crippen LogP contribution in [-0.4, -0.2) is 21.7 Å². The van der Waals surface area contributed by atoms with Crippen LogP contribution in [0.25, 0.3) is 0 Å². The standard InChI is InChI=1S/C13H17N3O2/c1-2-18-13-5-10(3-4-12(13)17)6-14-7-11-8-15-9-16-11/h3-5,8-9,14,17H,2,6-7H2,1H3,(H,15,16). The third-order valence-electron chi connectivity index (χ3n) is 2.52. The highest BCUT2D eigenvalue weighted by Crippen LogP contribution is 2.26. The summed E-state index contributed by atoms with van der Waals surface area (Å²) in [6.07, 6.45) is 3.44. The molecule has 0 saturated heterocycles. The fraction of sp³-hybridized carbons (Fsp3) is 0.308. The van der Waals surface area contributed by atoms with Crippen LogP contribution in [0, 0.1) is 0 Å². The van der Waals surface area contributed by atoms with Gasteiger partial charge in [-0.15, -0.1) is 0 Å². The molecule has 1 aromatic heterocycles. The molecule has 0 aliphatic rings. The highest BCUT2D eigenvalue weighted by atomic mass is 16.5. The van der Waals surface area contributed by atoms with Crippen molar-refractivity contribution in [1.29, 1.82) is 0 Å². The number of aromatic nitrogens is 2. The molecule has 0 amide bonds. The highest BCUT2D eigenvalue weighted by molar-refractivity contribution is 5.41. The van der Waals surface area contributed by atoms with Gasteiger partial charge in [0.05, 0.1) is 12.9 Å². The van der Waals surface area contributed by atoms with Crippen LogP contribution in [0.15, 0.2) is 30.7 Å². The number of rotatable bonds is 6. The molecule has 0 unspecified atom stereocenters. The molecule has 0 radical (unpaired) electrons. The molecule has 0 atom stereocenters. The van der Waals surface area contributed by atoms with Gasteiger partial charge >= 0.3 is 0 Å². The van der Waals surface area contributed by atoms with Crippen LogP contribution in [0.1, 0.15) is 18.2 Å². The smallest absolute Gasteiger partial charge is 0.161 e. The lowest BCUT2D eigenvalue weighted by Gasteiger charge is -2.09. The Morgan fingerprint density at radius 2 is 2.28 bits per heavy atom. The Labute approximate surface area is 106 Å². The van der Waals surface area contributed by atoms with Crippen molar-refractivity contribution in [2.24, 2.45) is 0 Å². The molecule has 0 aliphatic carbocycles. The molecule has 0 saturated carbocycles. The van der Waals surface area contributed by atoms with E-state index in [0.29, 0.717) is 18.9 Å². The second-order valence-electron chi connectivity index (χ2n) is 3.92. The minimum absolute atomic E-state index is 0.175. The van der Waals surface area contributed by atoms with E-state index in [1.807, 2.05) is 19.1 Å². The monoisotopic (exact) mass is 247 g/mol. The van der Waals surface area contributed by atoms with E-state index < -0.39 is 0 Å². The van der Waals surface area contributed by atoms with E-state index in [0.717, 1.165) is 17.8 Å². The number of hydrogen-bond donors (Lipinski definition) is 3. The summed E-state index contributed by atoms with van der Waals surface area (Å²) in [6.45, 7) is 3.87. The van der Waals surface area contributed by atoms with Gasteiger partial charge in [-0.05, 0) is 24.6 Å². The predicted molar refractivity (Wildman–Crippen MR) is 68.4 cm³/mol. The Balaban J connectivity index is 1.90. The maximum atomic E-state index is 9.58. The normalized spacial score (nSPS) is 10.5. The van der Waals surface area contributed by atoms with Gasteiger partial charge in [-0.2, -0.15) is 0 Å². The van der Waals surface area contributed by atoms with Gasteiger partial charge in [0.25, 0.3) is 0 Å². The van der Waals surface area contributed by atoms with Gasteiger partial charge in [0.1, 0.15) is 0 Å². The Bertz CT molecular complexity index is 483. The van der Waals surface area contributed by atoms with Gasteiger partial charge in [-0.25, -0.2) is 4.98 Å². The Hall–Kier alpha value is -2.01. The second-order valence-corrected chi connectivity index (χ2v) is 3.92. The predicted octanol–water partition coefficient (Wildman–Crippen LogP) is 1.80. The lowest BCUT2D eigenvalue weighted by atomic mass is 10.2. The van der Waals surface area contributed by atoms with Crippen LogP contribution in [-0.2, 0) is 13.1 Å². The molecular formula is C13H17N3O2. The Morgan fingerprint density at radius 1 is 1.39 bits per heavy atom. The molecule has 2 aromatic rings. The van der Waals surface area contributed by atoms with Crippen molar-refractivity contribution in [3.05, 3.63) is 42.0 Å². The minimum atomic E-state index is 0.175.